The van der Waals surface area contributed by atoms with Crippen molar-refractivity contribution in [1.29, 1.82) is 5.26 Å². The van der Waals surface area contributed by atoms with Crippen molar-refractivity contribution in [2.75, 3.05) is 32.7 Å². The minimum absolute atomic E-state index is 0.121. The zero-order chi connectivity index (χ0) is 21.3. The third-order valence-corrected chi connectivity index (χ3v) is 8.01. The second-order valence-electron chi connectivity index (χ2n) is 7.74. The van der Waals surface area contributed by atoms with Crippen LogP contribution >= 0.6 is 11.6 Å². The van der Waals surface area contributed by atoms with Gasteiger partial charge in [0.15, 0.2) is 0 Å². The van der Waals surface area contributed by atoms with Gasteiger partial charge in [0.2, 0.25) is 15.9 Å². The third kappa shape index (κ3) is 4.03. The molecule has 2 saturated heterocycles. The fourth-order valence-electron chi connectivity index (χ4n) is 4.26. The summed E-state index contributed by atoms with van der Waals surface area (Å²) in [4.78, 5) is 14.5. The lowest BCUT2D eigenvalue weighted by atomic mass is 9.89. The fraction of sp³-hybridized carbons (Fsp3) is 0.429. The van der Waals surface area contributed by atoms with Crippen LogP contribution in [0.4, 0.5) is 0 Å². The maximum Gasteiger partial charge on any atom is 0.243 e. The molecule has 0 saturated carbocycles. The van der Waals surface area contributed by atoms with Gasteiger partial charge in [-0.25, -0.2) is 8.42 Å². The first-order chi connectivity index (χ1) is 14.4. The molecule has 1 atom stereocenters. The molecule has 1 unspecified atom stereocenters. The van der Waals surface area contributed by atoms with Gasteiger partial charge in [0.25, 0.3) is 0 Å². The second kappa shape index (κ2) is 8.52. The van der Waals surface area contributed by atoms with Crippen molar-refractivity contribution in [3.05, 3.63) is 41.4 Å². The van der Waals surface area contributed by atoms with Gasteiger partial charge in [-0.05, 0) is 66.9 Å². The van der Waals surface area contributed by atoms with Crippen molar-refractivity contribution in [3.63, 3.8) is 0 Å². The summed E-state index contributed by atoms with van der Waals surface area (Å²) in [6.07, 6.45) is 1.68. The van der Waals surface area contributed by atoms with Gasteiger partial charge >= 0.3 is 0 Å². The number of carbonyl (C=O) groups is 1. The number of piperazine rings is 1. The smallest absolute Gasteiger partial charge is 0.243 e. The average molecular weight is 447 g/mol. The van der Waals surface area contributed by atoms with Gasteiger partial charge in [0, 0.05) is 18.1 Å². The van der Waals surface area contributed by atoms with Crippen LogP contribution in [-0.2, 0) is 14.8 Å². The SMILES string of the molecule is N#CC(C1CCNCC1)N1CCN(S(=O)(=O)c2ccc3cc(Cl)ccc3c2)CC1=O. The lowest BCUT2D eigenvalue weighted by Gasteiger charge is -2.39. The minimum Gasteiger partial charge on any atom is -0.324 e. The topological polar surface area (TPSA) is 93.5 Å². The number of benzene rings is 2. The summed E-state index contributed by atoms with van der Waals surface area (Å²) in [5.74, 6) is -0.196. The number of nitriles is 1. The van der Waals surface area contributed by atoms with E-state index in [0.717, 1.165) is 36.7 Å². The maximum atomic E-state index is 13.1. The van der Waals surface area contributed by atoms with E-state index < -0.39 is 16.1 Å². The van der Waals surface area contributed by atoms with Crippen molar-refractivity contribution in [3.8, 4) is 6.07 Å². The van der Waals surface area contributed by atoms with Crippen LogP contribution in [0.1, 0.15) is 12.8 Å². The van der Waals surface area contributed by atoms with Gasteiger partial charge < -0.3 is 10.2 Å². The largest absolute Gasteiger partial charge is 0.324 e. The molecule has 1 N–H and O–H groups in total. The second-order valence-corrected chi connectivity index (χ2v) is 10.1. The Bertz CT molecular complexity index is 1110. The summed E-state index contributed by atoms with van der Waals surface area (Å²) in [5.41, 5.74) is 0. The van der Waals surface area contributed by atoms with E-state index in [1.165, 1.54) is 10.4 Å². The monoisotopic (exact) mass is 446 g/mol. The zero-order valence-corrected chi connectivity index (χ0v) is 18.0. The van der Waals surface area contributed by atoms with Crippen LogP contribution in [0, 0.1) is 17.2 Å². The van der Waals surface area contributed by atoms with Crippen LogP contribution in [0.5, 0.6) is 0 Å². The minimum atomic E-state index is -3.82. The van der Waals surface area contributed by atoms with Crippen LogP contribution in [0.3, 0.4) is 0 Å². The van der Waals surface area contributed by atoms with Crippen LogP contribution in [0.25, 0.3) is 10.8 Å². The van der Waals surface area contributed by atoms with Gasteiger partial charge in [-0.1, -0.05) is 23.7 Å². The summed E-state index contributed by atoms with van der Waals surface area (Å²) in [6.45, 7) is 1.82. The van der Waals surface area contributed by atoms with Crippen LogP contribution in [0.2, 0.25) is 5.02 Å². The molecule has 0 bridgehead atoms. The van der Waals surface area contributed by atoms with Crippen molar-refractivity contribution in [1.82, 2.24) is 14.5 Å². The van der Waals surface area contributed by atoms with Crippen LogP contribution < -0.4 is 5.32 Å². The molecule has 1 amide bonds. The van der Waals surface area contributed by atoms with Crippen LogP contribution in [-0.4, -0.2) is 62.3 Å². The molecule has 2 fully saturated rings. The molecule has 2 heterocycles. The number of rotatable bonds is 4. The molecule has 0 aromatic heterocycles. The number of halogens is 1. The first-order valence-electron chi connectivity index (χ1n) is 9.99. The standard InChI is InChI=1S/C21H23ClN4O3S/c22-18-3-1-17-12-19(4-2-16(17)11-18)30(28,29)25-9-10-26(21(27)14-25)20(13-23)15-5-7-24-8-6-15/h1-4,11-12,15,20,24H,5-10,14H2. The summed E-state index contributed by atoms with van der Waals surface area (Å²) >= 11 is 6.00. The molecule has 0 spiro atoms. The first kappa shape index (κ1) is 21.1. The summed E-state index contributed by atoms with van der Waals surface area (Å²) in [7, 11) is -3.82. The average Bonchev–Trinajstić information content (AvgIpc) is 2.75. The Balaban J connectivity index is 1.52. The number of carbonyl (C=O) groups excluding carboxylic acids is 1. The van der Waals surface area contributed by atoms with Crippen molar-refractivity contribution < 1.29 is 13.2 Å². The molecule has 158 valence electrons. The number of nitrogens with one attached hydrogen (secondary N) is 1. The molecule has 7 nitrogen and oxygen atoms in total. The van der Waals surface area contributed by atoms with Crippen molar-refractivity contribution in [2.45, 2.75) is 23.8 Å². The highest BCUT2D eigenvalue weighted by Crippen LogP contribution is 2.27. The van der Waals surface area contributed by atoms with Crippen molar-refractivity contribution >= 4 is 38.3 Å². The normalized spacial score (nSPS) is 20.3. The molecule has 2 aromatic rings. The number of sulfonamides is 1. The van der Waals surface area contributed by atoms with E-state index in [1.54, 1.807) is 35.2 Å². The number of nitrogens with zero attached hydrogens (tertiary/aromatic N) is 3. The van der Waals surface area contributed by atoms with E-state index in [4.69, 9.17) is 11.6 Å². The Morgan fingerprint density at radius 2 is 1.80 bits per heavy atom. The van der Waals surface area contributed by atoms with Crippen molar-refractivity contribution in [2.24, 2.45) is 5.92 Å². The number of piperidine rings is 1. The van der Waals surface area contributed by atoms with Gasteiger partial charge in [-0.2, -0.15) is 9.57 Å². The van der Waals surface area contributed by atoms with Gasteiger partial charge in [0.1, 0.15) is 6.04 Å². The van der Waals surface area contributed by atoms with E-state index in [1.807, 2.05) is 0 Å². The lowest BCUT2D eigenvalue weighted by molar-refractivity contribution is -0.136. The fourth-order valence-corrected chi connectivity index (χ4v) is 5.85. The van der Waals surface area contributed by atoms with Gasteiger partial charge in [0.05, 0.1) is 17.5 Å². The Morgan fingerprint density at radius 3 is 2.50 bits per heavy atom. The summed E-state index contributed by atoms with van der Waals surface area (Å²) in [6, 6.07) is 11.9. The molecular formula is C21H23ClN4O3S. The molecule has 0 radical (unpaired) electrons. The number of hydrogen-bond acceptors (Lipinski definition) is 5. The Labute approximate surface area is 181 Å². The summed E-state index contributed by atoms with van der Waals surface area (Å²) in [5, 5.41) is 15.1. The molecule has 9 heteroatoms. The zero-order valence-electron chi connectivity index (χ0n) is 16.4. The molecule has 2 aromatic carbocycles. The van der Waals surface area contributed by atoms with Gasteiger partial charge in [-0.3, -0.25) is 4.79 Å². The lowest BCUT2D eigenvalue weighted by Crippen LogP contribution is -2.57. The Hall–Kier alpha value is -2.18. The molecule has 2 aliphatic heterocycles. The molecular weight excluding hydrogens is 424 g/mol. The molecule has 0 aliphatic carbocycles. The van der Waals surface area contributed by atoms with E-state index in [9.17, 15) is 18.5 Å². The van der Waals surface area contributed by atoms with E-state index >= 15 is 0 Å². The van der Waals surface area contributed by atoms with Gasteiger partial charge in [-0.15, -0.1) is 0 Å². The number of hydrogen-bond donors (Lipinski definition) is 1. The van der Waals surface area contributed by atoms with E-state index in [-0.39, 0.29) is 36.4 Å². The van der Waals surface area contributed by atoms with E-state index in [2.05, 4.69) is 11.4 Å². The Kier molecular flexibility index (Phi) is 5.98. The highest BCUT2D eigenvalue weighted by Gasteiger charge is 2.38. The van der Waals surface area contributed by atoms with Crippen LogP contribution in [0.15, 0.2) is 41.3 Å². The molecule has 4 rings (SSSR count). The Morgan fingerprint density at radius 1 is 1.10 bits per heavy atom. The summed E-state index contributed by atoms with van der Waals surface area (Å²) < 4.78 is 27.5. The molecule has 30 heavy (non-hydrogen) atoms. The predicted molar refractivity (Wildman–Crippen MR) is 114 cm³/mol. The van der Waals surface area contributed by atoms with E-state index in [0.29, 0.717) is 5.02 Å². The third-order valence-electron chi connectivity index (χ3n) is 5.93. The highest BCUT2D eigenvalue weighted by molar-refractivity contribution is 7.89. The predicted octanol–water partition coefficient (Wildman–Crippen LogP) is 2.22. The number of fused-ring (bicyclic) bond motifs is 1. The maximum absolute atomic E-state index is 13.1. The first-order valence-corrected chi connectivity index (χ1v) is 11.8. The molecule has 2 aliphatic rings. The quantitative estimate of drug-likeness (QED) is 0.777. The number of amides is 1. The highest BCUT2D eigenvalue weighted by atomic mass is 35.5.